The first-order valence-corrected chi connectivity index (χ1v) is 5.76. The maximum absolute atomic E-state index is 13.1. The second-order valence-corrected chi connectivity index (χ2v) is 4.48. The molecular weight excluding hydrogens is 306 g/mol. The number of halogens is 3. The molecule has 0 aliphatic carbocycles. The summed E-state index contributed by atoms with van der Waals surface area (Å²) >= 11 is 3.11. The van der Waals surface area contributed by atoms with Gasteiger partial charge >= 0.3 is 5.97 Å². The van der Waals surface area contributed by atoms with Crippen LogP contribution in [0.1, 0.15) is 10.4 Å². The first kappa shape index (κ1) is 12.7. The molecule has 2 aromatic carbocycles. The van der Waals surface area contributed by atoms with E-state index in [0.717, 1.165) is 12.1 Å². The molecule has 0 aliphatic heterocycles. The average molecular weight is 313 g/mol. The molecule has 5 heteroatoms. The van der Waals surface area contributed by atoms with Gasteiger partial charge < -0.3 is 5.11 Å². The van der Waals surface area contributed by atoms with Crippen LogP contribution in [0.3, 0.4) is 0 Å². The van der Waals surface area contributed by atoms with Crippen LogP contribution in [0, 0.1) is 11.6 Å². The second-order valence-electron chi connectivity index (χ2n) is 3.63. The molecule has 0 fully saturated rings. The number of aromatic carboxylic acids is 1. The third-order valence-electron chi connectivity index (χ3n) is 2.45. The van der Waals surface area contributed by atoms with Crippen LogP contribution < -0.4 is 0 Å². The van der Waals surface area contributed by atoms with Crippen LogP contribution in [0.2, 0.25) is 0 Å². The van der Waals surface area contributed by atoms with Crippen molar-refractivity contribution in [3.8, 4) is 11.1 Å². The molecule has 2 nitrogen and oxygen atoms in total. The Labute approximate surface area is 110 Å². The molecule has 18 heavy (non-hydrogen) atoms. The van der Waals surface area contributed by atoms with Crippen molar-refractivity contribution in [1.82, 2.24) is 0 Å². The van der Waals surface area contributed by atoms with E-state index in [1.165, 1.54) is 12.1 Å². The Morgan fingerprint density at radius 3 is 2.22 bits per heavy atom. The molecule has 0 heterocycles. The standard InChI is InChI=1S/C13H7BrF2O2/c14-10-3-1-7(5-9(10)13(17)18)8-2-4-11(15)12(16)6-8/h1-6H,(H,17,18). The molecule has 0 aliphatic rings. The quantitative estimate of drug-likeness (QED) is 0.906. The highest BCUT2D eigenvalue weighted by atomic mass is 79.9. The van der Waals surface area contributed by atoms with Gasteiger partial charge in [0.1, 0.15) is 0 Å². The molecule has 92 valence electrons. The third-order valence-corrected chi connectivity index (χ3v) is 3.14. The van der Waals surface area contributed by atoms with Crippen molar-refractivity contribution in [1.29, 1.82) is 0 Å². The van der Waals surface area contributed by atoms with Crippen molar-refractivity contribution >= 4 is 21.9 Å². The second kappa shape index (κ2) is 4.86. The first-order valence-electron chi connectivity index (χ1n) is 4.97. The highest BCUT2D eigenvalue weighted by Crippen LogP contribution is 2.26. The van der Waals surface area contributed by atoms with E-state index in [-0.39, 0.29) is 5.56 Å². The van der Waals surface area contributed by atoms with Crippen molar-refractivity contribution in [2.75, 3.05) is 0 Å². The summed E-state index contributed by atoms with van der Waals surface area (Å²) in [6, 6.07) is 8.02. The van der Waals surface area contributed by atoms with E-state index in [2.05, 4.69) is 15.9 Å². The molecule has 1 N–H and O–H groups in total. The summed E-state index contributed by atoms with van der Waals surface area (Å²) in [4.78, 5) is 11.0. The Bertz CT molecular complexity index is 626. The molecule has 2 rings (SSSR count). The number of carboxylic acid groups (broad SMARTS) is 1. The minimum Gasteiger partial charge on any atom is -0.478 e. The van der Waals surface area contributed by atoms with Crippen molar-refractivity contribution in [2.45, 2.75) is 0 Å². The minimum absolute atomic E-state index is 0.0669. The van der Waals surface area contributed by atoms with Gasteiger partial charge in [0.05, 0.1) is 5.56 Å². The molecule has 0 spiro atoms. The maximum Gasteiger partial charge on any atom is 0.336 e. The van der Waals surface area contributed by atoms with Crippen LogP contribution in [-0.2, 0) is 0 Å². The van der Waals surface area contributed by atoms with Gasteiger partial charge in [-0.25, -0.2) is 13.6 Å². The largest absolute Gasteiger partial charge is 0.478 e. The van der Waals surface area contributed by atoms with Crippen LogP contribution in [0.4, 0.5) is 8.78 Å². The molecular formula is C13H7BrF2O2. The van der Waals surface area contributed by atoms with E-state index >= 15 is 0 Å². The van der Waals surface area contributed by atoms with Gasteiger partial charge in [0.15, 0.2) is 11.6 Å². The smallest absolute Gasteiger partial charge is 0.336 e. The molecule has 0 amide bonds. The minimum atomic E-state index is -1.09. The van der Waals surface area contributed by atoms with E-state index in [0.29, 0.717) is 15.6 Å². The predicted octanol–water partition coefficient (Wildman–Crippen LogP) is 4.09. The SMILES string of the molecule is O=C(O)c1cc(-c2ccc(F)c(F)c2)ccc1Br. The van der Waals surface area contributed by atoms with Crippen molar-refractivity contribution in [3.63, 3.8) is 0 Å². The topological polar surface area (TPSA) is 37.3 Å². The van der Waals surface area contributed by atoms with E-state index in [9.17, 15) is 13.6 Å². The lowest BCUT2D eigenvalue weighted by molar-refractivity contribution is 0.0696. The fourth-order valence-corrected chi connectivity index (χ4v) is 1.96. The molecule has 0 saturated heterocycles. The van der Waals surface area contributed by atoms with Crippen LogP contribution in [-0.4, -0.2) is 11.1 Å². The lowest BCUT2D eigenvalue weighted by Crippen LogP contribution is -1.98. The van der Waals surface area contributed by atoms with Crippen molar-refractivity contribution < 1.29 is 18.7 Å². The van der Waals surface area contributed by atoms with E-state index < -0.39 is 17.6 Å². The Balaban J connectivity index is 2.54. The van der Waals surface area contributed by atoms with Crippen LogP contribution in [0.25, 0.3) is 11.1 Å². The fraction of sp³-hybridized carbons (Fsp3) is 0. The number of hydrogen-bond acceptors (Lipinski definition) is 1. The van der Waals surface area contributed by atoms with Gasteiger partial charge in [-0.1, -0.05) is 12.1 Å². The van der Waals surface area contributed by atoms with Gasteiger partial charge in [0.2, 0.25) is 0 Å². The summed E-state index contributed by atoms with van der Waals surface area (Å²) in [5, 5.41) is 8.97. The predicted molar refractivity (Wildman–Crippen MR) is 66.5 cm³/mol. The van der Waals surface area contributed by atoms with Gasteiger partial charge in [0, 0.05) is 4.47 Å². The summed E-state index contributed by atoms with van der Waals surface area (Å²) in [6.45, 7) is 0. The average Bonchev–Trinajstić information content (AvgIpc) is 2.33. The van der Waals surface area contributed by atoms with E-state index in [1.54, 1.807) is 12.1 Å². The monoisotopic (exact) mass is 312 g/mol. The van der Waals surface area contributed by atoms with E-state index in [1.807, 2.05) is 0 Å². The fourth-order valence-electron chi connectivity index (χ4n) is 1.54. The van der Waals surface area contributed by atoms with Crippen molar-refractivity contribution in [2.24, 2.45) is 0 Å². The first-order chi connectivity index (χ1) is 8.49. The molecule has 0 aromatic heterocycles. The van der Waals surface area contributed by atoms with Gasteiger partial charge in [-0.05, 0) is 51.3 Å². The molecule has 0 unspecified atom stereocenters. The number of hydrogen-bond donors (Lipinski definition) is 1. The summed E-state index contributed by atoms with van der Waals surface area (Å²) in [5.41, 5.74) is 0.996. The zero-order valence-corrected chi connectivity index (χ0v) is 10.5. The molecule has 0 radical (unpaired) electrons. The lowest BCUT2D eigenvalue weighted by Gasteiger charge is -2.05. The van der Waals surface area contributed by atoms with Gasteiger partial charge in [0.25, 0.3) is 0 Å². The summed E-state index contributed by atoms with van der Waals surface area (Å²) in [6.07, 6.45) is 0. The highest BCUT2D eigenvalue weighted by Gasteiger charge is 2.11. The zero-order chi connectivity index (χ0) is 13.3. The van der Waals surface area contributed by atoms with E-state index in [4.69, 9.17) is 5.11 Å². The zero-order valence-electron chi connectivity index (χ0n) is 8.95. The highest BCUT2D eigenvalue weighted by molar-refractivity contribution is 9.10. The Morgan fingerprint density at radius 2 is 1.61 bits per heavy atom. The summed E-state index contributed by atoms with van der Waals surface area (Å²) < 4.78 is 26.3. The molecule has 0 saturated carbocycles. The maximum atomic E-state index is 13.1. The summed E-state index contributed by atoms with van der Waals surface area (Å²) in [7, 11) is 0. The third kappa shape index (κ3) is 2.41. The lowest BCUT2D eigenvalue weighted by atomic mass is 10.0. The van der Waals surface area contributed by atoms with Crippen molar-refractivity contribution in [3.05, 3.63) is 58.1 Å². The van der Waals surface area contributed by atoms with Crippen LogP contribution in [0.15, 0.2) is 40.9 Å². The number of rotatable bonds is 2. The number of benzene rings is 2. The molecule has 0 atom stereocenters. The number of carboxylic acids is 1. The number of carbonyl (C=O) groups is 1. The molecule has 0 bridgehead atoms. The van der Waals surface area contributed by atoms with Crippen LogP contribution in [0.5, 0.6) is 0 Å². The summed E-state index contributed by atoms with van der Waals surface area (Å²) in [5.74, 6) is -2.99. The Morgan fingerprint density at radius 1 is 1.00 bits per heavy atom. The van der Waals surface area contributed by atoms with Gasteiger partial charge in [-0.15, -0.1) is 0 Å². The van der Waals surface area contributed by atoms with Gasteiger partial charge in [-0.3, -0.25) is 0 Å². The Hall–Kier alpha value is -1.75. The molecule has 2 aromatic rings. The van der Waals surface area contributed by atoms with Gasteiger partial charge in [-0.2, -0.15) is 0 Å². The Kier molecular flexibility index (Phi) is 3.43. The normalized spacial score (nSPS) is 10.4. The van der Waals surface area contributed by atoms with Crippen LogP contribution >= 0.6 is 15.9 Å².